The van der Waals surface area contributed by atoms with Crippen molar-refractivity contribution in [2.75, 3.05) is 5.32 Å². The minimum absolute atomic E-state index is 0.197. The first kappa shape index (κ1) is 10.3. The average molecular weight is 236 g/mol. The third kappa shape index (κ3) is 1.99. The molecule has 1 aromatic rings. The molecule has 0 bridgehead atoms. The Morgan fingerprint density at radius 2 is 2.25 bits per heavy atom. The van der Waals surface area contributed by atoms with Crippen molar-refractivity contribution in [2.45, 2.75) is 38.1 Å². The van der Waals surface area contributed by atoms with Gasteiger partial charge in [0.1, 0.15) is 0 Å². The van der Waals surface area contributed by atoms with Crippen LogP contribution in [0.1, 0.15) is 29.7 Å². The molecule has 0 aromatic carbocycles. The molecule has 1 amide bonds. The Labute approximate surface area is 99.0 Å². The van der Waals surface area contributed by atoms with Crippen LogP contribution < -0.4 is 11.1 Å². The highest BCUT2D eigenvalue weighted by Gasteiger charge is 2.30. The van der Waals surface area contributed by atoms with Gasteiger partial charge in [0, 0.05) is 16.8 Å². The third-order valence-electron chi connectivity index (χ3n) is 3.32. The van der Waals surface area contributed by atoms with Crippen LogP contribution in [0.25, 0.3) is 0 Å². The van der Waals surface area contributed by atoms with Gasteiger partial charge in [-0.2, -0.15) is 0 Å². The summed E-state index contributed by atoms with van der Waals surface area (Å²) in [6.07, 6.45) is 5.22. The van der Waals surface area contributed by atoms with Gasteiger partial charge in [-0.15, -0.1) is 11.3 Å². The molecular formula is C12H16N2OS. The molecule has 2 aliphatic carbocycles. The summed E-state index contributed by atoms with van der Waals surface area (Å²) in [5.74, 6) is 0.476. The van der Waals surface area contributed by atoms with Crippen LogP contribution in [0.15, 0.2) is 6.07 Å². The predicted octanol–water partition coefficient (Wildman–Crippen LogP) is 1.91. The molecule has 0 aliphatic heterocycles. The normalized spacial score (nSPS) is 23.9. The van der Waals surface area contributed by atoms with Gasteiger partial charge in [0.15, 0.2) is 0 Å². The molecular weight excluding hydrogens is 220 g/mol. The van der Waals surface area contributed by atoms with E-state index in [1.165, 1.54) is 10.4 Å². The number of aryl methyl sites for hydroxylation is 1. The van der Waals surface area contributed by atoms with Gasteiger partial charge in [0.05, 0.1) is 5.00 Å². The number of rotatable bonds is 2. The van der Waals surface area contributed by atoms with Crippen molar-refractivity contribution in [3.63, 3.8) is 0 Å². The second-order valence-corrected chi connectivity index (χ2v) is 5.96. The maximum Gasteiger partial charge on any atom is 0.228 e. The lowest BCUT2D eigenvalue weighted by Crippen LogP contribution is -2.26. The van der Waals surface area contributed by atoms with Crippen molar-refractivity contribution in [1.82, 2.24) is 0 Å². The Bertz CT molecular complexity index is 423. The molecule has 3 rings (SSSR count). The Morgan fingerprint density at radius 1 is 1.44 bits per heavy atom. The summed E-state index contributed by atoms with van der Waals surface area (Å²) < 4.78 is 0. The highest BCUT2D eigenvalue weighted by Crippen LogP contribution is 2.35. The molecule has 1 aromatic heterocycles. The second-order valence-electron chi connectivity index (χ2n) is 4.83. The lowest BCUT2D eigenvalue weighted by Gasteiger charge is -2.16. The van der Waals surface area contributed by atoms with E-state index in [2.05, 4.69) is 11.4 Å². The number of hydrogen-bond acceptors (Lipinski definition) is 3. The van der Waals surface area contributed by atoms with Crippen LogP contribution in [0.5, 0.6) is 0 Å². The van der Waals surface area contributed by atoms with Crippen LogP contribution in [0.2, 0.25) is 0 Å². The molecule has 1 unspecified atom stereocenters. The number of fused-ring (bicyclic) bond motifs is 1. The van der Waals surface area contributed by atoms with E-state index in [-0.39, 0.29) is 11.8 Å². The summed E-state index contributed by atoms with van der Waals surface area (Å²) in [6.45, 7) is 0. The number of carbonyl (C=O) groups excluding carboxylic acids is 1. The number of thiophene rings is 1. The van der Waals surface area contributed by atoms with Crippen LogP contribution in [-0.2, 0) is 17.6 Å². The van der Waals surface area contributed by atoms with Gasteiger partial charge in [0.2, 0.25) is 5.91 Å². The molecule has 86 valence electrons. The molecule has 3 N–H and O–H groups in total. The Hall–Kier alpha value is -0.870. The van der Waals surface area contributed by atoms with Crippen molar-refractivity contribution in [2.24, 2.45) is 11.7 Å². The average Bonchev–Trinajstić information content (AvgIpc) is 3.00. The first-order chi connectivity index (χ1) is 7.72. The van der Waals surface area contributed by atoms with Gasteiger partial charge in [-0.1, -0.05) is 0 Å². The zero-order valence-corrected chi connectivity index (χ0v) is 9.98. The molecule has 4 heteroatoms. The van der Waals surface area contributed by atoms with Gasteiger partial charge in [-0.3, -0.25) is 4.79 Å². The molecule has 3 nitrogen and oxygen atoms in total. The molecule has 0 radical (unpaired) electrons. The lowest BCUT2D eigenvalue weighted by molar-refractivity contribution is -0.117. The highest BCUT2D eigenvalue weighted by molar-refractivity contribution is 7.16. The zero-order chi connectivity index (χ0) is 11.1. The van der Waals surface area contributed by atoms with Crippen LogP contribution in [0.3, 0.4) is 0 Å². The molecule has 1 saturated carbocycles. The van der Waals surface area contributed by atoms with Gasteiger partial charge in [-0.05, 0) is 43.7 Å². The van der Waals surface area contributed by atoms with Crippen molar-refractivity contribution in [3.05, 3.63) is 16.5 Å². The fourth-order valence-electron chi connectivity index (χ4n) is 2.18. The van der Waals surface area contributed by atoms with Gasteiger partial charge < -0.3 is 11.1 Å². The Balaban J connectivity index is 1.73. The fourth-order valence-corrected chi connectivity index (χ4v) is 3.29. The van der Waals surface area contributed by atoms with E-state index in [4.69, 9.17) is 5.73 Å². The number of nitrogens with one attached hydrogen (secondary N) is 1. The van der Waals surface area contributed by atoms with Gasteiger partial charge >= 0.3 is 0 Å². The quantitative estimate of drug-likeness (QED) is 0.824. The number of nitrogens with two attached hydrogens (primary N) is 1. The van der Waals surface area contributed by atoms with Crippen molar-refractivity contribution in [3.8, 4) is 0 Å². The van der Waals surface area contributed by atoms with Crippen molar-refractivity contribution >= 4 is 22.2 Å². The summed E-state index contributed by atoms with van der Waals surface area (Å²) in [6, 6.07) is 2.41. The first-order valence-electron chi connectivity index (χ1n) is 5.90. The minimum Gasteiger partial charge on any atom is -0.327 e. The Kier molecular flexibility index (Phi) is 2.48. The number of amides is 1. The second kappa shape index (κ2) is 3.86. The number of carbonyl (C=O) groups is 1. The summed E-state index contributed by atoms with van der Waals surface area (Å²) in [4.78, 5) is 13.0. The monoisotopic (exact) mass is 236 g/mol. The van der Waals surface area contributed by atoms with E-state index >= 15 is 0 Å². The number of anilines is 1. The number of hydrogen-bond donors (Lipinski definition) is 2. The summed E-state index contributed by atoms with van der Waals surface area (Å²) >= 11 is 1.72. The minimum atomic E-state index is 0.197. The van der Waals surface area contributed by atoms with Crippen LogP contribution in [0, 0.1) is 5.92 Å². The molecule has 0 spiro atoms. The van der Waals surface area contributed by atoms with E-state index in [0.29, 0.717) is 6.04 Å². The van der Waals surface area contributed by atoms with Crippen molar-refractivity contribution < 1.29 is 4.79 Å². The standard InChI is InChI=1S/C12H16N2OS/c13-9-3-4-10-8(5-9)6-11(16-10)14-12(15)7-1-2-7/h6-7,9H,1-5,13H2,(H,14,15). The van der Waals surface area contributed by atoms with E-state index in [9.17, 15) is 4.79 Å². The van der Waals surface area contributed by atoms with Crippen LogP contribution in [0.4, 0.5) is 5.00 Å². The molecule has 1 atom stereocenters. The topological polar surface area (TPSA) is 55.1 Å². The SMILES string of the molecule is NC1CCc2sc(NC(=O)C3CC3)cc2C1. The molecule has 0 saturated heterocycles. The third-order valence-corrected chi connectivity index (χ3v) is 4.47. The lowest BCUT2D eigenvalue weighted by atomic mass is 9.95. The van der Waals surface area contributed by atoms with Gasteiger partial charge in [0.25, 0.3) is 0 Å². The van der Waals surface area contributed by atoms with Crippen molar-refractivity contribution in [1.29, 1.82) is 0 Å². The van der Waals surface area contributed by atoms with E-state index < -0.39 is 0 Å². The highest BCUT2D eigenvalue weighted by atomic mass is 32.1. The maximum absolute atomic E-state index is 11.6. The zero-order valence-electron chi connectivity index (χ0n) is 9.16. The molecule has 16 heavy (non-hydrogen) atoms. The predicted molar refractivity (Wildman–Crippen MR) is 65.7 cm³/mol. The van der Waals surface area contributed by atoms with Crippen LogP contribution >= 0.6 is 11.3 Å². The molecule has 1 fully saturated rings. The summed E-state index contributed by atoms with van der Waals surface area (Å²) in [7, 11) is 0. The largest absolute Gasteiger partial charge is 0.327 e. The van der Waals surface area contributed by atoms with E-state index in [1.54, 1.807) is 11.3 Å². The smallest absolute Gasteiger partial charge is 0.228 e. The maximum atomic E-state index is 11.6. The fraction of sp³-hybridized carbons (Fsp3) is 0.583. The molecule has 2 aliphatic rings. The van der Waals surface area contributed by atoms with E-state index in [0.717, 1.165) is 37.1 Å². The molecule has 1 heterocycles. The van der Waals surface area contributed by atoms with E-state index in [1.807, 2.05) is 0 Å². The summed E-state index contributed by atoms with van der Waals surface area (Å²) in [5, 5.41) is 4.02. The Morgan fingerprint density at radius 3 is 3.00 bits per heavy atom. The summed E-state index contributed by atoms with van der Waals surface area (Å²) in [5.41, 5.74) is 7.28. The first-order valence-corrected chi connectivity index (χ1v) is 6.72. The van der Waals surface area contributed by atoms with Crippen LogP contribution in [-0.4, -0.2) is 11.9 Å². The van der Waals surface area contributed by atoms with Gasteiger partial charge in [-0.25, -0.2) is 0 Å².